The molecule has 0 spiro atoms. The van der Waals surface area contributed by atoms with Gasteiger partial charge in [-0.15, -0.1) is 0 Å². The van der Waals surface area contributed by atoms with Crippen LogP contribution in [0.4, 0.5) is 0 Å². The van der Waals surface area contributed by atoms with Crippen molar-refractivity contribution in [2.24, 2.45) is 10.1 Å². The highest BCUT2D eigenvalue weighted by Crippen LogP contribution is 2.38. The Labute approximate surface area is 255 Å². The third kappa shape index (κ3) is 7.70. The number of azide groups is 1. The van der Waals surface area contributed by atoms with E-state index in [9.17, 15) is 4.79 Å². The zero-order valence-electron chi connectivity index (χ0n) is 24.9. The van der Waals surface area contributed by atoms with Crippen LogP contribution in [-0.4, -0.2) is 63.6 Å². The van der Waals surface area contributed by atoms with Crippen molar-refractivity contribution in [2.45, 2.75) is 31.5 Å². The largest absolute Gasteiger partial charge is 0.494 e. The minimum Gasteiger partial charge on any atom is -0.494 e. The summed E-state index contributed by atoms with van der Waals surface area (Å²) in [5, 5.41) is 12.7. The maximum absolute atomic E-state index is 13.9. The molecule has 0 radical (unpaired) electrons. The highest BCUT2D eigenvalue weighted by molar-refractivity contribution is 6.00. The summed E-state index contributed by atoms with van der Waals surface area (Å²) < 4.78 is 27.9. The molecule has 0 bridgehead atoms. The molecule has 0 fully saturated rings. The van der Waals surface area contributed by atoms with Crippen molar-refractivity contribution < 1.29 is 33.6 Å². The maximum atomic E-state index is 13.9. The van der Waals surface area contributed by atoms with Crippen molar-refractivity contribution in [2.75, 3.05) is 41.2 Å². The van der Waals surface area contributed by atoms with Crippen LogP contribution in [0.2, 0.25) is 0 Å². The van der Waals surface area contributed by atoms with Crippen LogP contribution in [0, 0.1) is 0 Å². The number of hydrogen-bond donors (Lipinski definition) is 3. The first-order chi connectivity index (χ1) is 21.5. The average molecular weight is 605 g/mol. The van der Waals surface area contributed by atoms with Crippen LogP contribution >= 0.6 is 0 Å². The fourth-order valence-corrected chi connectivity index (χ4v) is 4.72. The molecule has 1 aliphatic rings. The van der Waals surface area contributed by atoms with Crippen LogP contribution in [0.25, 0.3) is 10.4 Å². The second-order valence-corrected chi connectivity index (χ2v) is 9.86. The van der Waals surface area contributed by atoms with Gasteiger partial charge in [0.1, 0.15) is 12.4 Å². The quantitative estimate of drug-likeness (QED) is 0.0728. The molecule has 3 aromatic rings. The number of benzene rings is 3. The Kier molecular flexibility index (Phi) is 11.2. The molecule has 44 heavy (non-hydrogen) atoms. The third-order valence-corrected chi connectivity index (χ3v) is 6.98. The standard InChI is InChI=1S/C31H36N6O7/c1-40-26-15-21(16-27(41-2)28(26)42-3)18-33-36-30(39)31(17-23-7-4-5-8-24(23)19-34-37-32)20-44-29(35-31)22-9-11-25(12-10-22)43-14-6-13-38/h4-5,7-12,15-16,33,38H,6,13-14,17-20H2,1-3H3,(H,36,39)/t31-/m0/s1. The van der Waals surface area contributed by atoms with E-state index >= 15 is 0 Å². The number of aliphatic imine (C=N–C) groups is 1. The first kappa shape index (κ1) is 32.0. The smallest absolute Gasteiger partial charge is 0.266 e. The van der Waals surface area contributed by atoms with E-state index in [0.29, 0.717) is 47.5 Å². The lowest BCUT2D eigenvalue weighted by Crippen LogP contribution is -2.52. The SMILES string of the molecule is COc1cc(CNNC(=O)[C@]2(Cc3ccccc3CN=[N+]=[N-])COC(c3ccc(OCCCO)cc3)=N2)cc(OC)c1OC. The van der Waals surface area contributed by atoms with E-state index in [1.165, 1.54) is 21.3 Å². The summed E-state index contributed by atoms with van der Waals surface area (Å²) in [6.07, 6.45) is 0.734. The van der Waals surface area contributed by atoms with Gasteiger partial charge in [-0.05, 0) is 58.6 Å². The summed E-state index contributed by atoms with van der Waals surface area (Å²) in [5.41, 5.74) is 16.4. The lowest BCUT2D eigenvalue weighted by Gasteiger charge is -2.24. The number of methoxy groups -OCH3 is 3. The van der Waals surface area contributed by atoms with E-state index in [0.717, 1.165) is 16.7 Å². The van der Waals surface area contributed by atoms with Gasteiger partial charge < -0.3 is 28.8 Å². The average Bonchev–Trinajstić information content (AvgIpc) is 3.49. The Morgan fingerprint density at radius 2 is 1.77 bits per heavy atom. The van der Waals surface area contributed by atoms with E-state index in [4.69, 9.17) is 39.3 Å². The van der Waals surface area contributed by atoms with Gasteiger partial charge in [0.25, 0.3) is 5.91 Å². The second-order valence-electron chi connectivity index (χ2n) is 9.86. The molecule has 1 aliphatic heterocycles. The Morgan fingerprint density at radius 1 is 1.07 bits per heavy atom. The molecular formula is C31H36N6O7. The lowest BCUT2D eigenvalue weighted by molar-refractivity contribution is -0.127. The van der Waals surface area contributed by atoms with Crippen molar-refractivity contribution in [3.8, 4) is 23.0 Å². The Bertz CT molecular complexity index is 1480. The van der Waals surface area contributed by atoms with Crippen LogP contribution in [0.15, 0.2) is 70.8 Å². The summed E-state index contributed by atoms with van der Waals surface area (Å²) in [5.74, 6) is 2.02. The molecule has 1 atom stereocenters. The normalized spacial score (nSPS) is 15.4. The predicted octanol–water partition coefficient (Wildman–Crippen LogP) is 3.86. The van der Waals surface area contributed by atoms with E-state index in [2.05, 4.69) is 20.9 Å². The number of aliphatic hydroxyl groups is 1. The summed E-state index contributed by atoms with van der Waals surface area (Å²) in [6, 6.07) is 18.2. The number of aliphatic hydroxyl groups excluding tert-OH is 1. The van der Waals surface area contributed by atoms with Gasteiger partial charge in [-0.1, -0.05) is 29.4 Å². The van der Waals surface area contributed by atoms with Gasteiger partial charge in [-0.3, -0.25) is 10.2 Å². The molecular weight excluding hydrogens is 568 g/mol. The van der Waals surface area contributed by atoms with E-state index in [1.54, 1.807) is 36.4 Å². The number of carbonyl (C=O) groups is 1. The minimum atomic E-state index is -1.32. The Morgan fingerprint density at radius 3 is 2.41 bits per heavy atom. The molecule has 4 rings (SSSR count). The number of hydrogen-bond acceptors (Lipinski definition) is 10. The second kappa shape index (κ2) is 15.5. The molecule has 0 aliphatic carbocycles. The number of hydrazine groups is 1. The monoisotopic (exact) mass is 604 g/mol. The van der Waals surface area contributed by atoms with Crippen LogP contribution in [0.5, 0.6) is 23.0 Å². The molecule has 1 amide bonds. The van der Waals surface area contributed by atoms with Crippen molar-refractivity contribution in [1.82, 2.24) is 10.9 Å². The highest BCUT2D eigenvalue weighted by atomic mass is 16.5. The summed E-state index contributed by atoms with van der Waals surface area (Å²) >= 11 is 0. The zero-order chi connectivity index (χ0) is 31.4. The van der Waals surface area contributed by atoms with Crippen molar-refractivity contribution in [1.29, 1.82) is 0 Å². The molecule has 0 unspecified atom stereocenters. The fourth-order valence-electron chi connectivity index (χ4n) is 4.72. The molecule has 0 saturated heterocycles. The van der Waals surface area contributed by atoms with Gasteiger partial charge in [-0.25, -0.2) is 10.4 Å². The Hall–Kier alpha value is -4.97. The van der Waals surface area contributed by atoms with Gasteiger partial charge in [0.05, 0.1) is 34.5 Å². The van der Waals surface area contributed by atoms with Crippen LogP contribution in [-0.2, 0) is 29.0 Å². The van der Waals surface area contributed by atoms with Gasteiger partial charge in [-0.2, -0.15) is 0 Å². The van der Waals surface area contributed by atoms with Gasteiger partial charge in [0.2, 0.25) is 11.6 Å². The van der Waals surface area contributed by atoms with Crippen molar-refractivity contribution in [3.05, 3.63) is 93.4 Å². The van der Waals surface area contributed by atoms with Crippen LogP contribution in [0.3, 0.4) is 0 Å². The number of rotatable bonds is 16. The predicted molar refractivity (Wildman–Crippen MR) is 163 cm³/mol. The summed E-state index contributed by atoms with van der Waals surface area (Å²) in [4.78, 5) is 21.6. The van der Waals surface area contributed by atoms with E-state index in [-0.39, 0.29) is 32.7 Å². The highest BCUT2D eigenvalue weighted by Gasteiger charge is 2.45. The molecule has 13 heteroatoms. The van der Waals surface area contributed by atoms with Crippen LogP contribution in [0.1, 0.15) is 28.7 Å². The number of amides is 1. The molecule has 0 saturated carbocycles. The molecule has 13 nitrogen and oxygen atoms in total. The first-order valence-electron chi connectivity index (χ1n) is 13.9. The van der Waals surface area contributed by atoms with Gasteiger partial charge in [0.15, 0.2) is 17.0 Å². The summed E-state index contributed by atoms with van der Waals surface area (Å²) in [7, 11) is 4.60. The topological polar surface area (TPSA) is 169 Å². The zero-order valence-corrected chi connectivity index (χ0v) is 24.9. The number of carbonyl (C=O) groups excluding carboxylic acids is 1. The van der Waals surface area contributed by atoms with Crippen molar-refractivity contribution >= 4 is 11.8 Å². The molecule has 1 heterocycles. The number of nitrogens with zero attached hydrogens (tertiary/aromatic N) is 4. The van der Waals surface area contributed by atoms with Crippen LogP contribution < -0.4 is 29.8 Å². The van der Waals surface area contributed by atoms with Gasteiger partial charge >= 0.3 is 0 Å². The molecule has 3 N–H and O–H groups in total. The maximum Gasteiger partial charge on any atom is 0.266 e. The molecule has 3 aromatic carbocycles. The van der Waals surface area contributed by atoms with E-state index in [1.807, 2.05) is 24.3 Å². The Balaban J connectivity index is 1.58. The first-order valence-corrected chi connectivity index (χ1v) is 13.9. The van der Waals surface area contributed by atoms with Crippen molar-refractivity contribution in [3.63, 3.8) is 0 Å². The van der Waals surface area contributed by atoms with E-state index < -0.39 is 11.4 Å². The number of ether oxygens (including phenoxy) is 5. The molecule has 0 aromatic heterocycles. The third-order valence-electron chi connectivity index (χ3n) is 6.98. The lowest BCUT2D eigenvalue weighted by atomic mass is 9.89. The summed E-state index contributed by atoms with van der Waals surface area (Å²) in [6.45, 7) is 0.829. The number of nitrogens with one attached hydrogen (secondary N) is 2. The molecule has 232 valence electrons. The fraction of sp³-hybridized carbons (Fsp3) is 0.355. The van der Waals surface area contributed by atoms with Gasteiger partial charge in [0, 0.05) is 36.5 Å². The minimum absolute atomic E-state index is 0.00929.